The predicted octanol–water partition coefficient (Wildman–Crippen LogP) is 1.63. The molecule has 0 atom stereocenters. The van der Waals surface area contributed by atoms with E-state index in [0.717, 1.165) is 29.6 Å². The molecule has 0 aliphatic carbocycles. The summed E-state index contributed by atoms with van der Waals surface area (Å²) >= 11 is 0. The molecule has 11 heteroatoms. The molecule has 1 aromatic carbocycles. The fourth-order valence-electron chi connectivity index (χ4n) is 4.72. The average Bonchev–Trinajstić information content (AvgIpc) is 3.22. The SMILES string of the molecule is O=C1CCC(=O)N1c1ccc(S(=O)(=O)N2CCN(c3ccc(N4CCCCC4)nn3)CC2)cc1. The van der Waals surface area contributed by atoms with E-state index >= 15 is 0 Å². The third-order valence-electron chi connectivity index (χ3n) is 6.66. The zero-order valence-corrected chi connectivity index (χ0v) is 19.8. The summed E-state index contributed by atoms with van der Waals surface area (Å²) in [6.07, 6.45) is 3.99. The van der Waals surface area contributed by atoms with Crippen molar-refractivity contribution in [2.24, 2.45) is 0 Å². The maximum Gasteiger partial charge on any atom is 0.243 e. The van der Waals surface area contributed by atoms with Gasteiger partial charge in [0.25, 0.3) is 0 Å². The van der Waals surface area contributed by atoms with Crippen LogP contribution in [0.5, 0.6) is 0 Å². The number of anilines is 3. The summed E-state index contributed by atoms with van der Waals surface area (Å²) in [4.78, 5) is 29.4. The van der Waals surface area contributed by atoms with Crippen LogP contribution < -0.4 is 14.7 Å². The number of amides is 2. The lowest BCUT2D eigenvalue weighted by molar-refractivity contribution is -0.121. The summed E-state index contributed by atoms with van der Waals surface area (Å²) in [5.74, 6) is 1.13. The van der Waals surface area contributed by atoms with Gasteiger partial charge in [0.05, 0.1) is 10.6 Å². The van der Waals surface area contributed by atoms with Gasteiger partial charge in [-0.2, -0.15) is 4.31 Å². The first-order valence-corrected chi connectivity index (χ1v) is 13.2. The van der Waals surface area contributed by atoms with Crippen molar-refractivity contribution in [3.8, 4) is 0 Å². The van der Waals surface area contributed by atoms with Crippen molar-refractivity contribution < 1.29 is 18.0 Å². The molecule has 2 amide bonds. The largest absolute Gasteiger partial charge is 0.355 e. The van der Waals surface area contributed by atoms with Gasteiger partial charge < -0.3 is 9.80 Å². The van der Waals surface area contributed by atoms with E-state index < -0.39 is 10.0 Å². The van der Waals surface area contributed by atoms with E-state index in [-0.39, 0.29) is 29.6 Å². The first-order valence-electron chi connectivity index (χ1n) is 11.7. The molecule has 10 nitrogen and oxygen atoms in total. The monoisotopic (exact) mass is 484 g/mol. The number of hydrogen-bond acceptors (Lipinski definition) is 8. The predicted molar refractivity (Wildman–Crippen MR) is 127 cm³/mol. The summed E-state index contributed by atoms with van der Waals surface area (Å²) in [6.45, 7) is 3.73. The van der Waals surface area contributed by atoms with Gasteiger partial charge in [0, 0.05) is 52.1 Å². The zero-order valence-electron chi connectivity index (χ0n) is 19.0. The van der Waals surface area contributed by atoms with Gasteiger partial charge in [0.2, 0.25) is 21.8 Å². The van der Waals surface area contributed by atoms with E-state index in [9.17, 15) is 18.0 Å². The minimum absolute atomic E-state index is 0.148. The van der Waals surface area contributed by atoms with Gasteiger partial charge in [-0.05, 0) is 55.7 Å². The van der Waals surface area contributed by atoms with E-state index in [1.165, 1.54) is 47.8 Å². The quantitative estimate of drug-likeness (QED) is 0.590. The molecule has 3 aliphatic heterocycles. The van der Waals surface area contributed by atoms with E-state index in [4.69, 9.17) is 0 Å². The maximum absolute atomic E-state index is 13.1. The molecule has 0 bridgehead atoms. The third kappa shape index (κ3) is 4.37. The Morgan fingerprint density at radius 1 is 0.647 bits per heavy atom. The number of sulfonamides is 1. The van der Waals surface area contributed by atoms with Crippen LogP contribution in [0.2, 0.25) is 0 Å². The summed E-state index contributed by atoms with van der Waals surface area (Å²) in [7, 11) is -3.68. The molecular weight excluding hydrogens is 456 g/mol. The van der Waals surface area contributed by atoms with Crippen LogP contribution in [-0.4, -0.2) is 74.0 Å². The van der Waals surface area contributed by atoms with Gasteiger partial charge in [0.15, 0.2) is 11.6 Å². The second-order valence-electron chi connectivity index (χ2n) is 8.81. The second kappa shape index (κ2) is 9.30. The zero-order chi connectivity index (χ0) is 23.7. The highest BCUT2D eigenvalue weighted by Gasteiger charge is 2.32. The lowest BCUT2D eigenvalue weighted by atomic mass is 10.1. The highest BCUT2D eigenvalue weighted by molar-refractivity contribution is 7.89. The van der Waals surface area contributed by atoms with Crippen molar-refractivity contribution in [3.05, 3.63) is 36.4 Å². The minimum atomic E-state index is -3.68. The summed E-state index contributed by atoms with van der Waals surface area (Å²) in [5.41, 5.74) is 0.405. The Kier molecular flexibility index (Phi) is 6.22. The van der Waals surface area contributed by atoms with Crippen molar-refractivity contribution >= 4 is 39.2 Å². The summed E-state index contributed by atoms with van der Waals surface area (Å²) in [6, 6.07) is 9.91. The molecule has 0 N–H and O–H groups in total. The molecular formula is C23H28N6O4S. The Hall–Kier alpha value is -3.05. The number of benzene rings is 1. The lowest BCUT2D eigenvalue weighted by Gasteiger charge is -2.34. The van der Waals surface area contributed by atoms with E-state index in [0.29, 0.717) is 31.9 Å². The number of nitrogens with zero attached hydrogens (tertiary/aromatic N) is 6. The summed E-state index contributed by atoms with van der Waals surface area (Å²) in [5, 5.41) is 8.78. The van der Waals surface area contributed by atoms with Crippen LogP contribution in [0.15, 0.2) is 41.3 Å². The molecule has 4 heterocycles. The number of carbonyl (C=O) groups excluding carboxylic acids is 2. The Balaban J connectivity index is 1.21. The van der Waals surface area contributed by atoms with Crippen LogP contribution in [0.3, 0.4) is 0 Å². The van der Waals surface area contributed by atoms with Crippen molar-refractivity contribution in [1.82, 2.24) is 14.5 Å². The molecule has 0 radical (unpaired) electrons. The number of piperazine rings is 1. The van der Waals surface area contributed by atoms with Crippen LogP contribution in [0.25, 0.3) is 0 Å². The number of aromatic nitrogens is 2. The molecule has 1 aromatic heterocycles. The molecule has 0 saturated carbocycles. The first kappa shape index (κ1) is 22.7. The Morgan fingerprint density at radius 3 is 1.71 bits per heavy atom. The number of rotatable bonds is 5. The number of carbonyl (C=O) groups is 2. The van der Waals surface area contributed by atoms with Crippen LogP contribution in [0.4, 0.5) is 17.3 Å². The normalized spacial score (nSPS) is 20.3. The molecule has 0 unspecified atom stereocenters. The van der Waals surface area contributed by atoms with Gasteiger partial charge in [-0.3, -0.25) is 14.5 Å². The summed E-state index contributed by atoms with van der Waals surface area (Å²) < 4.78 is 27.7. The Bertz CT molecular complexity index is 1140. The van der Waals surface area contributed by atoms with Crippen LogP contribution in [0, 0.1) is 0 Å². The highest BCUT2D eigenvalue weighted by Crippen LogP contribution is 2.26. The molecule has 34 heavy (non-hydrogen) atoms. The second-order valence-corrected chi connectivity index (χ2v) is 10.7. The Morgan fingerprint density at radius 2 is 1.18 bits per heavy atom. The van der Waals surface area contributed by atoms with Crippen LogP contribution >= 0.6 is 0 Å². The van der Waals surface area contributed by atoms with Gasteiger partial charge >= 0.3 is 0 Å². The van der Waals surface area contributed by atoms with E-state index in [2.05, 4.69) is 15.1 Å². The molecule has 3 saturated heterocycles. The molecule has 2 aromatic rings. The van der Waals surface area contributed by atoms with Crippen molar-refractivity contribution in [2.45, 2.75) is 37.0 Å². The fourth-order valence-corrected chi connectivity index (χ4v) is 6.14. The van der Waals surface area contributed by atoms with Gasteiger partial charge in [0.1, 0.15) is 0 Å². The minimum Gasteiger partial charge on any atom is -0.355 e. The van der Waals surface area contributed by atoms with Crippen molar-refractivity contribution in [1.29, 1.82) is 0 Å². The van der Waals surface area contributed by atoms with E-state index in [1.807, 2.05) is 17.0 Å². The standard InChI is InChI=1S/C23H28N6O4S/c30-22-10-11-23(31)29(22)18-4-6-19(7-5-18)34(32,33)28-16-14-27(15-17-28)21-9-8-20(24-25-21)26-12-2-1-3-13-26/h4-9H,1-3,10-17H2. The smallest absolute Gasteiger partial charge is 0.243 e. The van der Waals surface area contributed by atoms with E-state index in [1.54, 1.807) is 0 Å². The molecule has 0 spiro atoms. The molecule has 5 rings (SSSR count). The Labute approximate surface area is 199 Å². The first-order chi connectivity index (χ1) is 16.4. The van der Waals surface area contributed by atoms with Crippen molar-refractivity contribution in [3.63, 3.8) is 0 Å². The topological polar surface area (TPSA) is 107 Å². The lowest BCUT2D eigenvalue weighted by Crippen LogP contribution is -2.49. The average molecular weight is 485 g/mol. The van der Waals surface area contributed by atoms with Gasteiger partial charge in [-0.15, -0.1) is 10.2 Å². The fraction of sp³-hybridized carbons (Fsp3) is 0.478. The van der Waals surface area contributed by atoms with Gasteiger partial charge in [-0.1, -0.05) is 0 Å². The molecule has 3 aliphatic rings. The van der Waals surface area contributed by atoms with Crippen LogP contribution in [-0.2, 0) is 19.6 Å². The number of imide groups is 1. The maximum atomic E-state index is 13.1. The number of piperidine rings is 1. The third-order valence-corrected chi connectivity index (χ3v) is 8.58. The van der Waals surface area contributed by atoms with Gasteiger partial charge in [-0.25, -0.2) is 8.42 Å². The molecule has 3 fully saturated rings. The molecule has 180 valence electrons. The highest BCUT2D eigenvalue weighted by atomic mass is 32.2. The number of hydrogen-bond donors (Lipinski definition) is 0. The van der Waals surface area contributed by atoms with Crippen molar-refractivity contribution in [2.75, 3.05) is 54.0 Å². The van der Waals surface area contributed by atoms with Crippen LogP contribution in [0.1, 0.15) is 32.1 Å².